The van der Waals surface area contributed by atoms with Gasteiger partial charge in [0.05, 0.1) is 9.78 Å². The number of carbonyl (C=O) groups excluding carboxylic acids is 1. The van der Waals surface area contributed by atoms with E-state index in [1.54, 1.807) is 12.1 Å². The number of benzene rings is 1. The lowest BCUT2D eigenvalue weighted by molar-refractivity contribution is 0.0950. The van der Waals surface area contributed by atoms with Gasteiger partial charge in [-0.25, -0.2) is 5.43 Å². The summed E-state index contributed by atoms with van der Waals surface area (Å²) in [6.07, 6.45) is 1.41. The van der Waals surface area contributed by atoms with Gasteiger partial charge in [0, 0.05) is 20.2 Å². The van der Waals surface area contributed by atoms with Crippen LogP contribution in [0.5, 0.6) is 5.75 Å². The third-order valence-corrected chi connectivity index (χ3v) is 4.49. The molecular formula is C15H16I2N4O2. The zero-order valence-electron chi connectivity index (χ0n) is 12.8. The molecule has 8 heteroatoms. The van der Waals surface area contributed by atoms with Gasteiger partial charge in [0.25, 0.3) is 5.91 Å². The van der Waals surface area contributed by atoms with E-state index in [0.29, 0.717) is 5.56 Å². The van der Waals surface area contributed by atoms with Crippen molar-refractivity contribution >= 4 is 57.3 Å². The Hall–Kier alpha value is -1.17. The summed E-state index contributed by atoms with van der Waals surface area (Å²) in [6.45, 7) is 6.09. The normalized spacial score (nSPS) is 11.9. The Balaban J connectivity index is 2.09. The predicted octanol–water partition coefficient (Wildman–Crippen LogP) is 3.39. The molecule has 0 fully saturated rings. The quantitative estimate of drug-likeness (QED) is 0.318. The predicted molar refractivity (Wildman–Crippen MR) is 106 cm³/mol. The largest absolute Gasteiger partial charge is 0.506 e. The maximum Gasteiger partial charge on any atom is 0.291 e. The van der Waals surface area contributed by atoms with E-state index in [1.807, 2.05) is 49.4 Å². The Kier molecular flexibility index (Phi) is 5.65. The van der Waals surface area contributed by atoms with Crippen LogP contribution in [0.1, 0.15) is 42.5 Å². The van der Waals surface area contributed by atoms with Gasteiger partial charge in [-0.1, -0.05) is 20.8 Å². The second kappa shape index (κ2) is 7.16. The van der Waals surface area contributed by atoms with Gasteiger partial charge in [0.2, 0.25) is 0 Å². The number of hydrazone groups is 1. The number of hydrogen-bond acceptors (Lipinski definition) is 4. The van der Waals surface area contributed by atoms with Gasteiger partial charge in [-0.3, -0.25) is 9.89 Å². The van der Waals surface area contributed by atoms with Crippen LogP contribution in [-0.2, 0) is 5.41 Å². The van der Waals surface area contributed by atoms with Crippen molar-refractivity contribution in [2.45, 2.75) is 26.2 Å². The van der Waals surface area contributed by atoms with Gasteiger partial charge < -0.3 is 5.11 Å². The van der Waals surface area contributed by atoms with Crippen molar-refractivity contribution in [2.24, 2.45) is 5.10 Å². The summed E-state index contributed by atoms with van der Waals surface area (Å²) >= 11 is 4.20. The Labute approximate surface area is 161 Å². The van der Waals surface area contributed by atoms with Crippen molar-refractivity contribution in [1.82, 2.24) is 15.6 Å². The number of aromatic hydroxyl groups is 1. The molecule has 1 aromatic heterocycles. The molecule has 3 N–H and O–H groups in total. The van der Waals surface area contributed by atoms with Crippen LogP contribution < -0.4 is 5.43 Å². The molecule has 2 aromatic rings. The molecule has 0 aliphatic rings. The number of phenols is 1. The summed E-state index contributed by atoms with van der Waals surface area (Å²) in [5.74, 6) is -0.272. The van der Waals surface area contributed by atoms with Gasteiger partial charge >= 0.3 is 0 Å². The molecule has 0 atom stereocenters. The molecule has 0 radical (unpaired) electrons. The van der Waals surface area contributed by atoms with Gasteiger partial charge in [-0.15, -0.1) is 0 Å². The number of nitrogens with zero attached hydrogens (tertiary/aromatic N) is 2. The van der Waals surface area contributed by atoms with Crippen molar-refractivity contribution < 1.29 is 9.90 Å². The first-order valence-corrected chi connectivity index (χ1v) is 8.91. The summed E-state index contributed by atoms with van der Waals surface area (Å²) in [7, 11) is 0. The summed E-state index contributed by atoms with van der Waals surface area (Å²) < 4.78 is 1.70. The second-order valence-corrected chi connectivity index (χ2v) is 8.35. The monoisotopic (exact) mass is 538 g/mol. The lowest BCUT2D eigenvalue weighted by atomic mass is 9.92. The third-order valence-electron chi connectivity index (χ3n) is 3.05. The molecule has 2 rings (SSSR count). The average molecular weight is 538 g/mol. The van der Waals surface area contributed by atoms with Crippen LogP contribution in [0.2, 0.25) is 0 Å². The number of halogens is 2. The fourth-order valence-electron chi connectivity index (χ4n) is 1.72. The number of H-pyrrole nitrogens is 1. The molecule has 1 heterocycles. The fraction of sp³-hybridized carbons (Fsp3) is 0.267. The van der Waals surface area contributed by atoms with Crippen LogP contribution in [-0.4, -0.2) is 27.4 Å². The molecule has 0 spiro atoms. The highest BCUT2D eigenvalue weighted by Gasteiger charge is 2.19. The van der Waals surface area contributed by atoms with Crippen LogP contribution in [0.4, 0.5) is 0 Å². The molecule has 0 aliphatic heterocycles. The van der Waals surface area contributed by atoms with Crippen molar-refractivity contribution in [2.75, 3.05) is 0 Å². The maximum atomic E-state index is 12.0. The Morgan fingerprint density at radius 2 is 2.04 bits per heavy atom. The Morgan fingerprint density at radius 3 is 2.65 bits per heavy atom. The maximum absolute atomic E-state index is 12.0. The van der Waals surface area contributed by atoms with E-state index < -0.39 is 5.91 Å². The van der Waals surface area contributed by atoms with E-state index >= 15 is 0 Å². The van der Waals surface area contributed by atoms with Gasteiger partial charge in [0.15, 0.2) is 5.69 Å². The highest BCUT2D eigenvalue weighted by Crippen LogP contribution is 2.25. The van der Waals surface area contributed by atoms with Gasteiger partial charge in [0.1, 0.15) is 5.75 Å². The molecule has 122 valence electrons. The molecule has 1 aromatic carbocycles. The minimum absolute atomic E-state index is 0.113. The first-order chi connectivity index (χ1) is 10.7. The SMILES string of the molecule is CC(C)(C)c1cc(C(=O)N/N=C/c2cc(I)cc(I)c2O)n[nH]1. The number of hydrogen-bond donors (Lipinski definition) is 3. The molecule has 6 nitrogen and oxygen atoms in total. The van der Waals surface area contributed by atoms with Gasteiger partial charge in [-0.2, -0.15) is 10.2 Å². The van der Waals surface area contributed by atoms with E-state index in [0.717, 1.165) is 12.8 Å². The molecule has 23 heavy (non-hydrogen) atoms. The third kappa shape index (κ3) is 4.66. The molecule has 1 amide bonds. The summed E-state index contributed by atoms with van der Waals surface area (Å²) in [4.78, 5) is 12.0. The van der Waals surface area contributed by atoms with Crippen molar-refractivity contribution in [3.05, 3.63) is 42.3 Å². The van der Waals surface area contributed by atoms with Crippen molar-refractivity contribution in [3.63, 3.8) is 0 Å². The Bertz CT molecular complexity index is 763. The van der Waals surface area contributed by atoms with E-state index in [9.17, 15) is 9.90 Å². The minimum atomic E-state index is -0.409. The average Bonchev–Trinajstić information content (AvgIpc) is 2.93. The number of amides is 1. The van der Waals surface area contributed by atoms with Crippen LogP contribution in [0, 0.1) is 7.14 Å². The smallest absolute Gasteiger partial charge is 0.291 e. The van der Waals surface area contributed by atoms with E-state index in [4.69, 9.17) is 0 Å². The molecule has 0 bridgehead atoms. The van der Waals surface area contributed by atoms with Crippen LogP contribution in [0.15, 0.2) is 23.3 Å². The number of aromatic amines is 1. The lowest BCUT2D eigenvalue weighted by Gasteiger charge is -2.14. The van der Waals surface area contributed by atoms with E-state index in [1.165, 1.54) is 6.21 Å². The van der Waals surface area contributed by atoms with E-state index in [-0.39, 0.29) is 16.9 Å². The summed E-state index contributed by atoms with van der Waals surface area (Å²) in [5.41, 5.74) is 3.98. The Morgan fingerprint density at radius 1 is 1.35 bits per heavy atom. The zero-order valence-corrected chi connectivity index (χ0v) is 17.1. The summed E-state index contributed by atoms with van der Waals surface area (Å²) in [6, 6.07) is 5.33. The van der Waals surface area contributed by atoms with Crippen molar-refractivity contribution in [3.8, 4) is 5.75 Å². The molecule has 0 saturated carbocycles. The highest BCUT2D eigenvalue weighted by atomic mass is 127. The van der Waals surface area contributed by atoms with Crippen LogP contribution in [0.3, 0.4) is 0 Å². The number of rotatable bonds is 3. The summed E-state index contributed by atoms with van der Waals surface area (Å²) in [5, 5.41) is 20.7. The molecular weight excluding hydrogens is 522 g/mol. The van der Waals surface area contributed by atoms with E-state index in [2.05, 4.69) is 43.3 Å². The first kappa shape index (κ1) is 18.2. The fourth-order valence-corrected chi connectivity index (χ4v) is 3.61. The lowest BCUT2D eigenvalue weighted by Crippen LogP contribution is -2.18. The topological polar surface area (TPSA) is 90.4 Å². The molecule has 0 saturated heterocycles. The number of phenolic OH excluding ortho intramolecular Hbond substituents is 1. The highest BCUT2D eigenvalue weighted by molar-refractivity contribution is 14.1. The molecule has 0 unspecified atom stereocenters. The molecule has 0 aliphatic carbocycles. The zero-order chi connectivity index (χ0) is 17.2. The minimum Gasteiger partial charge on any atom is -0.506 e. The number of aromatic nitrogens is 2. The van der Waals surface area contributed by atoms with Gasteiger partial charge in [-0.05, 0) is 63.4 Å². The number of nitrogens with one attached hydrogen (secondary N) is 2. The first-order valence-electron chi connectivity index (χ1n) is 6.76. The van der Waals surface area contributed by atoms with Crippen molar-refractivity contribution in [1.29, 1.82) is 0 Å². The van der Waals surface area contributed by atoms with Crippen LogP contribution >= 0.6 is 45.2 Å². The van der Waals surface area contributed by atoms with Crippen LogP contribution in [0.25, 0.3) is 0 Å². The number of carbonyl (C=O) groups is 1. The second-order valence-electron chi connectivity index (χ2n) is 5.94. The standard InChI is InChI=1S/C15H16I2N4O2/c1-15(2,3)12-6-11(19-20-12)14(23)21-18-7-8-4-9(16)5-10(17)13(8)22/h4-7,22H,1-3H3,(H,19,20)(H,21,23)/b18-7+.